The normalized spacial score (nSPS) is 13.3. The number of hydrogen-bond donors (Lipinski definition) is 3. The molecule has 4 N–H and O–H groups in total. The number of aromatic hydroxyl groups is 1. The SMILES string of the molecule is Cc1c(-c2cc3cc(OC(N)C(O)Cc4ccccc4)ccc3o2)oc(=O)c(C)c1O. The Kier molecular flexibility index (Phi) is 5.54. The lowest BCUT2D eigenvalue weighted by atomic mass is 10.1. The number of furan rings is 1. The lowest BCUT2D eigenvalue weighted by Gasteiger charge is -2.20. The van der Waals surface area contributed by atoms with Gasteiger partial charge in [0.05, 0.1) is 5.56 Å². The molecule has 0 saturated carbocycles. The van der Waals surface area contributed by atoms with E-state index in [1.54, 1.807) is 31.2 Å². The van der Waals surface area contributed by atoms with Gasteiger partial charge in [-0.3, -0.25) is 5.73 Å². The van der Waals surface area contributed by atoms with Crippen molar-refractivity contribution in [2.45, 2.75) is 32.6 Å². The van der Waals surface area contributed by atoms with Crippen LogP contribution in [0.25, 0.3) is 22.5 Å². The Morgan fingerprint density at radius 1 is 1.03 bits per heavy atom. The van der Waals surface area contributed by atoms with E-state index in [1.807, 2.05) is 30.3 Å². The van der Waals surface area contributed by atoms with Gasteiger partial charge in [-0.25, -0.2) is 4.79 Å². The molecule has 7 nitrogen and oxygen atoms in total. The van der Waals surface area contributed by atoms with Crippen LogP contribution in [0.1, 0.15) is 16.7 Å². The summed E-state index contributed by atoms with van der Waals surface area (Å²) in [5, 5.41) is 21.2. The zero-order valence-corrected chi connectivity index (χ0v) is 17.2. The lowest BCUT2D eigenvalue weighted by Crippen LogP contribution is -2.41. The van der Waals surface area contributed by atoms with Crippen LogP contribution < -0.4 is 16.1 Å². The highest BCUT2D eigenvalue weighted by Crippen LogP contribution is 2.34. The first-order valence-electron chi connectivity index (χ1n) is 9.85. The van der Waals surface area contributed by atoms with Crippen molar-refractivity contribution in [1.82, 2.24) is 0 Å². The molecule has 2 aromatic heterocycles. The molecule has 0 aliphatic heterocycles. The number of aliphatic hydroxyl groups excluding tert-OH is 1. The molecule has 4 rings (SSSR count). The maximum atomic E-state index is 11.9. The van der Waals surface area contributed by atoms with E-state index < -0.39 is 18.0 Å². The fourth-order valence-electron chi connectivity index (χ4n) is 3.38. The standard InChI is InChI=1S/C24H23NO6/c1-13-21(27)14(2)24(28)31-22(13)20-12-16-11-17(8-9-19(16)30-20)29-23(25)18(26)10-15-6-4-3-5-7-15/h3-9,11-12,18,23,26-27H,10,25H2,1-2H3. The van der Waals surface area contributed by atoms with Gasteiger partial charge in [0.15, 0.2) is 17.7 Å². The second-order valence-electron chi connectivity index (χ2n) is 7.47. The molecule has 4 aromatic rings. The highest BCUT2D eigenvalue weighted by atomic mass is 16.5. The summed E-state index contributed by atoms with van der Waals surface area (Å²) in [6, 6.07) is 16.3. The molecule has 0 amide bonds. The van der Waals surface area contributed by atoms with Gasteiger partial charge in [0, 0.05) is 17.4 Å². The monoisotopic (exact) mass is 421 g/mol. The number of ether oxygens (including phenoxy) is 1. The molecule has 0 aliphatic carbocycles. The molecule has 160 valence electrons. The fraction of sp³-hybridized carbons (Fsp3) is 0.208. The van der Waals surface area contributed by atoms with Crippen LogP contribution in [-0.2, 0) is 6.42 Å². The summed E-state index contributed by atoms with van der Waals surface area (Å²) in [6.07, 6.45) is -1.43. The molecule has 2 aromatic carbocycles. The molecule has 0 fully saturated rings. The van der Waals surface area contributed by atoms with Crippen LogP contribution in [0.5, 0.6) is 11.5 Å². The molecule has 2 atom stereocenters. The van der Waals surface area contributed by atoms with Crippen LogP contribution >= 0.6 is 0 Å². The summed E-state index contributed by atoms with van der Waals surface area (Å²) >= 11 is 0. The van der Waals surface area contributed by atoms with Crippen molar-refractivity contribution >= 4 is 11.0 Å². The predicted molar refractivity (Wildman–Crippen MR) is 116 cm³/mol. The zero-order valence-electron chi connectivity index (χ0n) is 17.2. The Balaban J connectivity index is 1.56. The first kappa shape index (κ1) is 20.7. The van der Waals surface area contributed by atoms with E-state index >= 15 is 0 Å². The highest BCUT2D eigenvalue weighted by Gasteiger charge is 2.20. The van der Waals surface area contributed by atoms with Crippen molar-refractivity contribution in [2.75, 3.05) is 0 Å². The zero-order chi connectivity index (χ0) is 22.1. The van der Waals surface area contributed by atoms with Crippen LogP contribution in [-0.4, -0.2) is 22.5 Å². The topological polar surface area (TPSA) is 119 Å². The molecule has 0 aliphatic rings. The van der Waals surface area contributed by atoms with Gasteiger partial charge in [0.1, 0.15) is 23.2 Å². The summed E-state index contributed by atoms with van der Waals surface area (Å²) in [5.41, 5.74) is 7.48. The first-order valence-corrected chi connectivity index (χ1v) is 9.85. The van der Waals surface area contributed by atoms with Crippen molar-refractivity contribution < 1.29 is 23.8 Å². The molecular weight excluding hydrogens is 398 g/mol. The van der Waals surface area contributed by atoms with Gasteiger partial charge in [-0.2, -0.15) is 0 Å². The Labute approximate surface area is 178 Å². The van der Waals surface area contributed by atoms with E-state index in [1.165, 1.54) is 6.92 Å². The second kappa shape index (κ2) is 8.29. The van der Waals surface area contributed by atoms with Crippen molar-refractivity contribution in [3.05, 3.63) is 81.7 Å². The largest absolute Gasteiger partial charge is 0.507 e. The third-order valence-corrected chi connectivity index (χ3v) is 5.20. The third kappa shape index (κ3) is 4.19. The molecule has 0 radical (unpaired) electrons. The van der Waals surface area contributed by atoms with Crippen molar-refractivity contribution in [3.8, 4) is 23.0 Å². The number of rotatable bonds is 6. The van der Waals surface area contributed by atoms with Crippen LogP contribution in [0.2, 0.25) is 0 Å². The Bertz CT molecular complexity index is 1270. The molecule has 0 bridgehead atoms. The van der Waals surface area contributed by atoms with Crippen molar-refractivity contribution in [1.29, 1.82) is 0 Å². The van der Waals surface area contributed by atoms with Crippen molar-refractivity contribution in [3.63, 3.8) is 0 Å². The van der Waals surface area contributed by atoms with Gasteiger partial charge in [-0.15, -0.1) is 0 Å². The summed E-state index contributed by atoms with van der Waals surface area (Å²) in [4.78, 5) is 11.9. The van der Waals surface area contributed by atoms with E-state index in [4.69, 9.17) is 19.3 Å². The van der Waals surface area contributed by atoms with Gasteiger partial charge in [-0.05, 0) is 43.7 Å². The number of aliphatic hydroxyl groups is 1. The van der Waals surface area contributed by atoms with Gasteiger partial charge in [0.2, 0.25) is 0 Å². The van der Waals surface area contributed by atoms with Crippen LogP contribution in [0.4, 0.5) is 0 Å². The Morgan fingerprint density at radius 2 is 1.77 bits per heavy atom. The highest BCUT2D eigenvalue weighted by molar-refractivity contribution is 5.84. The smallest absolute Gasteiger partial charge is 0.343 e. The minimum atomic E-state index is -0.918. The molecule has 0 spiro atoms. The third-order valence-electron chi connectivity index (χ3n) is 5.20. The predicted octanol–water partition coefficient (Wildman–Crippen LogP) is 3.64. The Morgan fingerprint density at radius 3 is 2.52 bits per heavy atom. The number of hydrogen-bond acceptors (Lipinski definition) is 7. The summed E-state index contributed by atoms with van der Waals surface area (Å²) in [7, 11) is 0. The molecular formula is C24H23NO6. The fourth-order valence-corrected chi connectivity index (χ4v) is 3.38. The van der Waals surface area contributed by atoms with E-state index in [9.17, 15) is 15.0 Å². The van der Waals surface area contributed by atoms with Gasteiger partial charge in [-0.1, -0.05) is 30.3 Å². The van der Waals surface area contributed by atoms with E-state index in [-0.39, 0.29) is 17.1 Å². The van der Waals surface area contributed by atoms with Gasteiger partial charge < -0.3 is 23.8 Å². The van der Waals surface area contributed by atoms with Crippen LogP contribution in [0.3, 0.4) is 0 Å². The molecule has 0 saturated heterocycles. The lowest BCUT2D eigenvalue weighted by molar-refractivity contribution is 0.0407. The summed E-state index contributed by atoms with van der Waals surface area (Å²) in [6.45, 7) is 3.14. The van der Waals surface area contributed by atoms with E-state index in [2.05, 4.69) is 0 Å². The minimum Gasteiger partial charge on any atom is -0.507 e. The maximum Gasteiger partial charge on any atom is 0.343 e. The maximum absolute atomic E-state index is 11.9. The number of benzene rings is 2. The van der Waals surface area contributed by atoms with Gasteiger partial charge >= 0.3 is 5.63 Å². The minimum absolute atomic E-state index is 0.117. The molecule has 7 heteroatoms. The van der Waals surface area contributed by atoms with Crippen LogP contribution in [0.15, 0.2) is 68.2 Å². The average molecular weight is 421 g/mol. The van der Waals surface area contributed by atoms with E-state index in [0.29, 0.717) is 34.5 Å². The molecule has 2 unspecified atom stereocenters. The Hall–Kier alpha value is -3.55. The number of nitrogens with two attached hydrogens (primary N) is 1. The van der Waals surface area contributed by atoms with E-state index in [0.717, 1.165) is 5.56 Å². The molecule has 2 heterocycles. The number of fused-ring (bicyclic) bond motifs is 1. The summed E-state index contributed by atoms with van der Waals surface area (Å²) < 4.78 is 16.8. The summed E-state index contributed by atoms with van der Waals surface area (Å²) in [5.74, 6) is 0.825. The first-order chi connectivity index (χ1) is 14.8. The quantitative estimate of drug-likeness (QED) is 0.407. The average Bonchev–Trinajstić information content (AvgIpc) is 3.18. The van der Waals surface area contributed by atoms with Crippen molar-refractivity contribution in [2.24, 2.45) is 5.73 Å². The van der Waals surface area contributed by atoms with Crippen LogP contribution in [0, 0.1) is 13.8 Å². The van der Waals surface area contributed by atoms with Gasteiger partial charge in [0.25, 0.3) is 0 Å². The second-order valence-corrected chi connectivity index (χ2v) is 7.47. The molecule has 31 heavy (non-hydrogen) atoms.